The third kappa shape index (κ3) is 2.51. The van der Waals surface area contributed by atoms with Crippen LogP contribution in [-0.4, -0.2) is 22.6 Å². The van der Waals surface area contributed by atoms with Crippen LogP contribution in [0.4, 0.5) is 0 Å². The number of nitrogens with zero attached hydrogens (tertiary/aromatic N) is 1. The minimum atomic E-state index is 0.342. The van der Waals surface area contributed by atoms with Gasteiger partial charge in [-0.25, -0.2) is 0 Å². The molecule has 2 atom stereocenters. The van der Waals surface area contributed by atoms with Crippen molar-refractivity contribution in [2.75, 3.05) is 6.54 Å². The first-order valence-electron chi connectivity index (χ1n) is 7.81. The molecule has 1 saturated carbocycles. The lowest BCUT2D eigenvalue weighted by Gasteiger charge is -2.34. The van der Waals surface area contributed by atoms with Crippen molar-refractivity contribution in [3.05, 3.63) is 29.8 Å². The van der Waals surface area contributed by atoms with Gasteiger partial charge in [-0.15, -0.1) is 0 Å². The van der Waals surface area contributed by atoms with Gasteiger partial charge in [0.25, 0.3) is 0 Å². The van der Waals surface area contributed by atoms with Crippen LogP contribution in [0.3, 0.4) is 0 Å². The van der Waals surface area contributed by atoms with Crippen LogP contribution in [0.2, 0.25) is 0 Å². The minimum absolute atomic E-state index is 0.342. The van der Waals surface area contributed by atoms with Crippen LogP contribution >= 0.6 is 0 Å². The van der Waals surface area contributed by atoms with Gasteiger partial charge in [-0.05, 0) is 51.1 Å². The minimum Gasteiger partial charge on any atom is -0.508 e. The fraction of sp³-hybridized carbons (Fsp3) is 0.647. The highest BCUT2D eigenvalue weighted by atomic mass is 16.3. The molecule has 1 aliphatic heterocycles. The van der Waals surface area contributed by atoms with Gasteiger partial charge in [-0.1, -0.05) is 31.0 Å². The smallest absolute Gasteiger partial charge is 0.120 e. The molecule has 2 heteroatoms. The van der Waals surface area contributed by atoms with Crippen molar-refractivity contribution in [1.82, 2.24) is 4.90 Å². The first kappa shape index (κ1) is 13.0. The summed E-state index contributed by atoms with van der Waals surface area (Å²) in [6, 6.07) is 8.92. The fourth-order valence-corrected chi connectivity index (χ4v) is 4.16. The Morgan fingerprint density at radius 2 is 1.84 bits per heavy atom. The number of para-hydroxylation sites is 1. The summed E-state index contributed by atoms with van der Waals surface area (Å²) in [6.45, 7) is 3.44. The lowest BCUT2D eigenvalue weighted by Crippen LogP contribution is -2.36. The molecule has 1 saturated heterocycles. The summed E-state index contributed by atoms with van der Waals surface area (Å²) in [7, 11) is 0. The van der Waals surface area contributed by atoms with Gasteiger partial charge in [0.1, 0.15) is 5.75 Å². The van der Waals surface area contributed by atoms with Crippen molar-refractivity contribution >= 4 is 0 Å². The third-order valence-electron chi connectivity index (χ3n) is 5.17. The quantitative estimate of drug-likeness (QED) is 0.883. The fourth-order valence-electron chi connectivity index (χ4n) is 4.16. The third-order valence-corrected chi connectivity index (χ3v) is 5.17. The second-order valence-electron chi connectivity index (χ2n) is 6.23. The average Bonchev–Trinajstić information content (AvgIpc) is 3.09. The maximum atomic E-state index is 10.1. The van der Waals surface area contributed by atoms with Crippen LogP contribution in [0.1, 0.15) is 57.1 Å². The summed E-state index contributed by atoms with van der Waals surface area (Å²) in [5.74, 6) is 1.35. The molecule has 2 fully saturated rings. The van der Waals surface area contributed by atoms with Crippen LogP contribution < -0.4 is 0 Å². The second kappa shape index (κ2) is 5.54. The van der Waals surface area contributed by atoms with E-state index in [4.69, 9.17) is 0 Å². The molecule has 1 aromatic rings. The monoisotopic (exact) mass is 259 g/mol. The highest BCUT2D eigenvalue weighted by molar-refractivity contribution is 5.34. The second-order valence-corrected chi connectivity index (χ2v) is 6.23. The summed E-state index contributed by atoms with van der Waals surface area (Å²) in [5.41, 5.74) is 1.09. The van der Waals surface area contributed by atoms with Gasteiger partial charge in [-0.2, -0.15) is 0 Å². The number of benzene rings is 1. The van der Waals surface area contributed by atoms with Gasteiger partial charge >= 0.3 is 0 Å². The standard InChI is InChI=1S/C17H25NO/c1-13(15-9-4-5-11-17(15)19)18-12-6-10-16(18)14-7-2-3-8-14/h4-5,9,11,13-14,16,19H,2-3,6-8,10,12H2,1H3. The van der Waals surface area contributed by atoms with Gasteiger partial charge in [0, 0.05) is 17.6 Å². The van der Waals surface area contributed by atoms with Crippen LogP contribution in [0, 0.1) is 5.92 Å². The first-order valence-corrected chi connectivity index (χ1v) is 7.81. The van der Waals surface area contributed by atoms with Crippen LogP contribution in [0.25, 0.3) is 0 Å². The van der Waals surface area contributed by atoms with Crippen LogP contribution in [0.15, 0.2) is 24.3 Å². The average molecular weight is 259 g/mol. The molecular formula is C17H25NO. The van der Waals surface area contributed by atoms with E-state index in [2.05, 4.69) is 17.9 Å². The molecule has 1 N–H and O–H groups in total. The molecule has 0 spiro atoms. The maximum Gasteiger partial charge on any atom is 0.120 e. The van der Waals surface area contributed by atoms with E-state index in [1.807, 2.05) is 18.2 Å². The lowest BCUT2D eigenvalue weighted by atomic mass is 9.94. The Hall–Kier alpha value is -1.02. The molecule has 1 heterocycles. The van der Waals surface area contributed by atoms with E-state index >= 15 is 0 Å². The van der Waals surface area contributed by atoms with Crippen molar-refractivity contribution in [3.63, 3.8) is 0 Å². The van der Waals surface area contributed by atoms with E-state index in [1.165, 1.54) is 45.1 Å². The van der Waals surface area contributed by atoms with Crippen LogP contribution in [-0.2, 0) is 0 Å². The molecule has 2 aliphatic rings. The number of rotatable bonds is 3. The summed E-state index contributed by atoms with van der Waals surface area (Å²) in [4.78, 5) is 2.64. The van der Waals surface area contributed by atoms with Crippen molar-refractivity contribution in [3.8, 4) is 5.75 Å². The molecule has 0 bridgehead atoms. The van der Waals surface area contributed by atoms with Gasteiger partial charge in [0.2, 0.25) is 0 Å². The normalized spacial score (nSPS) is 26.9. The Morgan fingerprint density at radius 3 is 2.58 bits per heavy atom. The number of phenols is 1. The largest absolute Gasteiger partial charge is 0.508 e. The van der Waals surface area contributed by atoms with Gasteiger partial charge in [0.15, 0.2) is 0 Å². The predicted molar refractivity (Wildman–Crippen MR) is 78.2 cm³/mol. The van der Waals surface area contributed by atoms with E-state index in [1.54, 1.807) is 0 Å². The molecule has 0 aromatic heterocycles. The molecule has 1 aliphatic carbocycles. The summed E-state index contributed by atoms with van der Waals surface area (Å²) in [5, 5.41) is 10.1. The molecule has 104 valence electrons. The summed E-state index contributed by atoms with van der Waals surface area (Å²) in [6.07, 6.45) is 8.32. The molecule has 19 heavy (non-hydrogen) atoms. The summed E-state index contributed by atoms with van der Waals surface area (Å²) >= 11 is 0. The summed E-state index contributed by atoms with van der Waals surface area (Å²) < 4.78 is 0. The molecule has 1 aromatic carbocycles. The molecule has 3 rings (SSSR count). The first-order chi connectivity index (χ1) is 9.27. The number of aromatic hydroxyl groups is 1. The van der Waals surface area contributed by atoms with E-state index in [-0.39, 0.29) is 0 Å². The van der Waals surface area contributed by atoms with Gasteiger partial charge in [0.05, 0.1) is 0 Å². The molecule has 0 amide bonds. The Morgan fingerprint density at radius 1 is 1.11 bits per heavy atom. The Bertz CT molecular complexity index is 425. The zero-order valence-electron chi connectivity index (χ0n) is 11.9. The SMILES string of the molecule is CC(c1ccccc1O)N1CCCC1C1CCCC1. The molecule has 0 radical (unpaired) electrons. The Kier molecular flexibility index (Phi) is 3.79. The zero-order chi connectivity index (χ0) is 13.2. The van der Waals surface area contributed by atoms with Crippen molar-refractivity contribution < 1.29 is 5.11 Å². The van der Waals surface area contributed by atoms with E-state index in [9.17, 15) is 5.11 Å². The Labute approximate surface area is 116 Å². The van der Waals surface area contributed by atoms with Crippen molar-refractivity contribution in [2.24, 2.45) is 5.92 Å². The molecule has 2 unspecified atom stereocenters. The maximum absolute atomic E-state index is 10.1. The van der Waals surface area contributed by atoms with E-state index in [0.29, 0.717) is 11.8 Å². The van der Waals surface area contributed by atoms with Gasteiger partial charge in [-0.3, -0.25) is 4.90 Å². The number of hydrogen-bond acceptors (Lipinski definition) is 2. The van der Waals surface area contributed by atoms with Crippen molar-refractivity contribution in [1.29, 1.82) is 0 Å². The van der Waals surface area contributed by atoms with Gasteiger partial charge < -0.3 is 5.11 Å². The number of hydrogen-bond donors (Lipinski definition) is 1. The molecular weight excluding hydrogens is 234 g/mol. The van der Waals surface area contributed by atoms with Crippen molar-refractivity contribution in [2.45, 2.75) is 57.5 Å². The van der Waals surface area contributed by atoms with E-state index < -0.39 is 0 Å². The van der Waals surface area contributed by atoms with E-state index in [0.717, 1.165) is 17.5 Å². The lowest BCUT2D eigenvalue weighted by molar-refractivity contribution is 0.142. The zero-order valence-corrected chi connectivity index (χ0v) is 11.9. The number of likely N-dealkylation sites (tertiary alicyclic amines) is 1. The highest BCUT2D eigenvalue weighted by Gasteiger charge is 2.36. The predicted octanol–water partition coefficient (Wildman–Crippen LogP) is 4.11. The van der Waals surface area contributed by atoms with Crippen LogP contribution in [0.5, 0.6) is 5.75 Å². The molecule has 2 nitrogen and oxygen atoms in total. The Balaban J connectivity index is 1.78. The number of phenolic OH excluding ortho intramolecular Hbond substituents is 1. The topological polar surface area (TPSA) is 23.5 Å². The highest BCUT2D eigenvalue weighted by Crippen LogP contribution is 2.40.